The molecule has 1 N–H and O–H groups in total. The zero-order valence-electron chi connectivity index (χ0n) is 6.82. The Balaban J connectivity index is 2.28. The van der Waals surface area contributed by atoms with E-state index in [4.69, 9.17) is 0 Å². The maximum atomic E-state index is 12.3. The highest BCUT2D eigenvalue weighted by Crippen LogP contribution is 2.46. The van der Waals surface area contributed by atoms with Crippen molar-refractivity contribution in [2.75, 3.05) is 0 Å². The molecule has 1 atom stereocenters. The van der Waals surface area contributed by atoms with E-state index < -0.39 is 11.4 Å². The maximum absolute atomic E-state index is 12.3. The molecule has 2 aliphatic rings. The summed E-state index contributed by atoms with van der Waals surface area (Å²) in [6, 6.07) is 0. The second-order valence-corrected chi connectivity index (χ2v) is 4.03. The topological polar surface area (TPSA) is 23.5 Å². The Bertz CT molecular complexity index is 345. The summed E-state index contributed by atoms with van der Waals surface area (Å²) in [5.74, 6) is 0. The molecule has 0 aliphatic carbocycles. The van der Waals surface area contributed by atoms with Crippen molar-refractivity contribution in [2.45, 2.75) is 11.4 Å². The molecule has 76 valence electrons. The van der Waals surface area contributed by atoms with E-state index in [9.17, 15) is 18.4 Å². The lowest BCUT2D eigenvalue weighted by molar-refractivity contribution is -0.120. The minimum atomic E-state index is -4.27. The largest absolute Gasteiger partial charge is 0.404 e. The third-order valence-electron chi connectivity index (χ3n) is 1.86. The second kappa shape index (κ2) is 3.06. The van der Waals surface area contributed by atoms with Crippen molar-refractivity contribution in [3.63, 3.8) is 0 Å². The highest BCUT2D eigenvalue weighted by atomic mass is 32.2. The van der Waals surface area contributed by atoms with Gasteiger partial charge in [0.15, 0.2) is 0 Å². The molecule has 0 fully saturated rings. The number of hydrogen-bond acceptors (Lipinski definition) is 3. The summed E-state index contributed by atoms with van der Waals surface area (Å²) in [7, 11) is 0. The van der Waals surface area contributed by atoms with Gasteiger partial charge in [0.05, 0.1) is 5.70 Å². The van der Waals surface area contributed by atoms with E-state index in [0.717, 1.165) is 6.08 Å². The van der Waals surface area contributed by atoms with Gasteiger partial charge in [-0.25, -0.2) is 5.06 Å². The van der Waals surface area contributed by atoms with Gasteiger partial charge in [-0.1, -0.05) is 0 Å². The molecule has 0 aromatic carbocycles. The number of thioether (sulfide) groups is 1. The van der Waals surface area contributed by atoms with Crippen LogP contribution in [0.25, 0.3) is 0 Å². The first-order valence-corrected chi connectivity index (χ1v) is 4.68. The zero-order valence-corrected chi connectivity index (χ0v) is 7.64. The first-order chi connectivity index (χ1) is 6.48. The van der Waals surface area contributed by atoms with Gasteiger partial charge in [-0.05, 0) is 18.2 Å². The summed E-state index contributed by atoms with van der Waals surface area (Å²) < 4.78 is 36.9. The van der Waals surface area contributed by atoms with Crippen molar-refractivity contribution < 1.29 is 18.4 Å². The molecule has 0 aromatic rings. The van der Waals surface area contributed by atoms with Crippen LogP contribution in [0.1, 0.15) is 0 Å². The van der Waals surface area contributed by atoms with Crippen LogP contribution in [-0.4, -0.2) is 21.7 Å². The number of hydroxylamine groups is 2. The number of rotatable bonds is 0. The molecular weight excluding hydrogens is 215 g/mol. The predicted molar refractivity (Wildman–Crippen MR) is 46.4 cm³/mol. The summed E-state index contributed by atoms with van der Waals surface area (Å²) in [6.07, 6.45) is 1.10. The number of fused-ring (bicyclic) bond motifs is 1. The Hall–Kier alpha value is -0.880. The molecule has 2 nitrogen and oxygen atoms in total. The van der Waals surface area contributed by atoms with Crippen LogP contribution >= 0.6 is 11.8 Å². The first kappa shape index (κ1) is 9.67. The number of allylic oxidation sites excluding steroid dienone is 2. The Kier molecular flexibility index (Phi) is 2.11. The fraction of sp³-hybridized carbons (Fsp3) is 0.250. The minimum Gasteiger partial charge on any atom is -0.284 e. The molecule has 0 radical (unpaired) electrons. The Morgan fingerprint density at radius 1 is 1.43 bits per heavy atom. The molecular formula is C8H6F3NOS. The fourth-order valence-electron chi connectivity index (χ4n) is 1.22. The maximum Gasteiger partial charge on any atom is 0.404 e. The quantitative estimate of drug-likeness (QED) is 0.680. The van der Waals surface area contributed by atoms with Crippen molar-refractivity contribution in [2.24, 2.45) is 0 Å². The summed E-state index contributed by atoms with van der Waals surface area (Å²) in [4.78, 5) is 0.442. The van der Waals surface area contributed by atoms with Crippen LogP contribution in [0.3, 0.4) is 0 Å². The first-order valence-electron chi connectivity index (χ1n) is 3.80. The second-order valence-electron chi connectivity index (χ2n) is 2.85. The van der Waals surface area contributed by atoms with E-state index in [1.807, 2.05) is 0 Å². The van der Waals surface area contributed by atoms with Crippen molar-refractivity contribution in [3.05, 3.63) is 35.0 Å². The van der Waals surface area contributed by atoms with Crippen molar-refractivity contribution >= 4 is 11.8 Å². The molecule has 1 unspecified atom stereocenters. The van der Waals surface area contributed by atoms with Gasteiger partial charge < -0.3 is 0 Å². The third kappa shape index (κ3) is 1.55. The van der Waals surface area contributed by atoms with Crippen LogP contribution in [0.4, 0.5) is 13.2 Å². The molecule has 0 amide bonds. The fourth-order valence-corrected chi connectivity index (χ4v) is 2.27. The lowest BCUT2D eigenvalue weighted by Crippen LogP contribution is -2.21. The molecule has 6 heteroatoms. The van der Waals surface area contributed by atoms with E-state index >= 15 is 0 Å². The summed E-state index contributed by atoms with van der Waals surface area (Å²) in [6.45, 7) is 0. The lowest BCUT2D eigenvalue weighted by Gasteiger charge is -2.16. The van der Waals surface area contributed by atoms with Gasteiger partial charge in [-0.15, -0.1) is 11.8 Å². The van der Waals surface area contributed by atoms with Crippen LogP contribution in [0.5, 0.6) is 0 Å². The SMILES string of the molecule is ON1C=CC=C2SC(C(F)(F)F)C=C21. The normalized spacial score (nSPS) is 26.0. The molecule has 2 aliphatic heterocycles. The number of halogens is 3. The van der Waals surface area contributed by atoms with Gasteiger partial charge in [-0.3, -0.25) is 5.21 Å². The van der Waals surface area contributed by atoms with Gasteiger partial charge in [0.1, 0.15) is 5.25 Å². The Morgan fingerprint density at radius 3 is 2.71 bits per heavy atom. The predicted octanol–water partition coefficient (Wildman–Crippen LogP) is 2.65. The molecule has 0 saturated heterocycles. The lowest BCUT2D eigenvalue weighted by atomic mass is 10.2. The summed E-state index contributed by atoms with van der Waals surface area (Å²) in [5, 5.41) is 8.36. The van der Waals surface area contributed by atoms with Crippen LogP contribution in [0.15, 0.2) is 35.0 Å². The smallest absolute Gasteiger partial charge is 0.284 e. The number of nitrogens with zero attached hydrogens (tertiary/aromatic N) is 1. The van der Waals surface area contributed by atoms with E-state index in [0.29, 0.717) is 21.7 Å². The van der Waals surface area contributed by atoms with Crippen molar-refractivity contribution in [3.8, 4) is 0 Å². The summed E-state index contributed by atoms with van der Waals surface area (Å²) in [5.41, 5.74) is 0.208. The van der Waals surface area contributed by atoms with E-state index in [2.05, 4.69) is 0 Å². The Morgan fingerprint density at radius 2 is 2.14 bits per heavy atom. The van der Waals surface area contributed by atoms with Gasteiger partial charge in [0, 0.05) is 11.1 Å². The van der Waals surface area contributed by atoms with Gasteiger partial charge in [-0.2, -0.15) is 13.2 Å². The molecule has 0 aromatic heterocycles. The van der Waals surface area contributed by atoms with Crippen LogP contribution in [-0.2, 0) is 0 Å². The summed E-state index contributed by atoms with van der Waals surface area (Å²) >= 11 is 0.696. The molecule has 14 heavy (non-hydrogen) atoms. The standard InChI is InChI=1S/C8H6F3NOS/c9-8(10,11)7-4-5-6(14-7)2-1-3-12(5)13/h1-4,7,13H. The van der Waals surface area contributed by atoms with Gasteiger partial charge >= 0.3 is 6.18 Å². The molecule has 0 saturated carbocycles. The Labute approximate surface area is 82.3 Å². The molecule has 2 heterocycles. The molecule has 0 bridgehead atoms. The van der Waals surface area contributed by atoms with Crippen LogP contribution in [0, 0.1) is 0 Å². The van der Waals surface area contributed by atoms with Crippen molar-refractivity contribution in [1.82, 2.24) is 5.06 Å². The van der Waals surface area contributed by atoms with Gasteiger partial charge in [0.25, 0.3) is 0 Å². The third-order valence-corrected chi connectivity index (χ3v) is 3.12. The monoisotopic (exact) mass is 221 g/mol. The van der Waals surface area contributed by atoms with E-state index in [-0.39, 0.29) is 5.70 Å². The number of hydrogen-bond donors (Lipinski definition) is 1. The van der Waals surface area contributed by atoms with Gasteiger partial charge in [0.2, 0.25) is 0 Å². The molecule has 2 rings (SSSR count). The van der Waals surface area contributed by atoms with E-state index in [1.54, 1.807) is 6.08 Å². The number of alkyl halides is 3. The van der Waals surface area contributed by atoms with Crippen LogP contribution in [0.2, 0.25) is 0 Å². The average Bonchev–Trinajstić information content (AvgIpc) is 2.48. The minimum absolute atomic E-state index is 0.208. The van der Waals surface area contributed by atoms with E-state index in [1.165, 1.54) is 12.3 Å². The van der Waals surface area contributed by atoms with Crippen molar-refractivity contribution in [1.29, 1.82) is 0 Å². The average molecular weight is 221 g/mol. The highest BCUT2D eigenvalue weighted by Gasteiger charge is 2.44. The van der Waals surface area contributed by atoms with Crippen LogP contribution < -0.4 is 0 Å². The highest BCUT2D eigenvalue weighted by molar-refractivity contribution is 8.04. The zero-order chi connectivity index (χ0) is 10.3. The molecule has 0 spiro atoms.